The Morgan fingerprint density at radius 2 is 1.86 bits per heavy atom. The second kappa shape index (κ2) is 8.30. The van der Waals surface area contributed by atoms with Crippen LogP contribution in [0.5, 0.6) is 0 Å². The number of benzene rings is 2. The predicted molar refractivity (Wildman–Crippen MR) is 110 cm³/mol. The molecule has 1 amide bonds. The minimum Gasteiger partial charge on any atom is -0.282 e. The number of rotatable bonds is 5. The SMILES string of the molecule is C=CCN1C(=O)/C(=C/c2ccccc2F)S/C1=N/S(=O)(=O)c1ccc(Cl)cc1. The van der Waals surface area contributed by atoms with Crippen LogP contribution < -0.4 is 0 Å². The van der Waals surface area contributed by atoms with Gasteiger partial charge in [-0.2, -0.15) is 8.42 Å². The summed E-state index contributed by atoms with van der Waals surface area (Å²) in [6.45, 7) is 3.64. The quantitative estimate of drug-likeness (QED) is 0.517. The van der Waals surface area contributed by atoms with E-state index in [1.165, 1.54) is 59.5 Å². The molecular formula is C19H14ClFN2O3S2. The van der Waals surface area contributed by atoms with Crippen molar-refractivity contribution in [2.75, 3.05) is 6.54 Å². The maximum atomic E-state index is 13.9. The van der Waals surface area contributed by atoms with E-state index in [1.807, 2.05) is 0 Å². The molecule has 1 saturated heterocycles. The molecule has 0 unspecified atom stereocenters. The normalized spacial score (nSPS) is 17.5. The van der Waals surface area contributed by atoms with Crippen molar-refractivity contribution >= 4 is 50.5 Å². The summed E-state index contributed by atoms with van der Waals surface area (Å²) < 4.78 is 42.9. The molecule has 0 spiro atoms. The van der Waals surface area contributed by atoms with Crippen LogP contribution in [0.4, 0.5) is 4.39 Å². The predicted octanol–water partition coefficient (Wildman–Crippen LogP) is 4.33. The molecule has 1 aliphatic rings. The maximum absolute atomic E-state index is 13.9. The summed E-state index contributed by atoms with van der Waals surface area (Å²) in [7, 11) is -4.06. The number of sulfonamides is 1. The number of hydrogen-bond donors (Lipinski definition) is 0. The molecule has 0 aliphatic carbocycles. The van der Waals surface area contributed by atoms with Crippen molar-refractivity contribution in [3.8, 4) is 0 Å². The van der Waals surface area contributed by atoms with Gasteiger partial charge in [0, 0.05) is 17.1 Å². The summed E-state index contributed by atoms with van der Waals surface area (Å²) in [5.41, 5.74) is 0.221. The molecule has 144 valence electrons. The minimum atomic E-state index is -4.06. The summed E-state index contributed by atoms with van der Waals surface area (Å²) in [5.74, 6) is -0.962. The fraction of sp³-hybridized carbons (Fsp3) is 0.0526. The average Bonchev–Trinajstić information content (AvgIpc) is 2.92. The third-order valence-corrected chi connectivity index (χ3v) is 6.36. The van der Waals surface area contributed by atoms with Gasteiger partial charge in [0.2, 0.25) is 0 Å². The van der Waals surface area contributed by atoms with Gasteiger partial charge in [-0.15, -0.1) is 11.0 Å². The Morgan fingerprint density at radius 3 is 2.50 bits per heavy atom. The van der Waals surface area contributed by atoms with E-state index in [2.05, 4.69) is 11.0 Å². The lowest BCUT2D eigenvalue weighted by Crippen LogP contribution is -2.29. The van der Waals surface area contributed by atoms with Gasteiger partial charge in [0.15, 0.2) is 5.17 Å². The highest BCUT2D eigenvalue weighted by Gasteiger charge is 2.34. The zero-order valence-electron chi connectivity index (χ0n) is 14.4. The number of halogens is 2. The van der Waals surface area contributed by atoms with E-state index in [-0.39, 0.29) is 27.1 Å². The summed E-state index contributed by atoms with van der Waals surface area (Å²) in [6, 6.07) is 11.5. The van der Waals surface area contributed by atoms with Crippen LogP contribution in [0.3, 0.4) is 0 Å². The topological polar surface area (TPSA) is 66.8 Å². The Hall–Kier alpha value is -2.42. The highest BCUT2D eigenvalue weighted by Crippen LogP contribution is 2.34. The molecule has 2 aromatic carbocycles. The number of hydrogen-bond acceptors (Lipinski definition) is 4. The molecule has 5 nitrogen and oxygen atoms in total. The van der Waals surface area contributed by atoms with Gasteiger partial charge < -0.3 is 0 Å². The molecule has 0 N–H and O–H groups in total. The lowest BCUT2D eigenvalue weighted by Gasteiger charge is -2.12. The van der Waals surface area contributed by atoms with Crippen molar-refractivity contribution in [3.63, 3.8) is 0 Å². The molecule has 0 saturated carbocycles. The first-order valence-electron chi connectivity index (χ1n) is 7.99. The van der Waals surface area contributed by atoms with Crippen LogP contribution in [0, 0.1) is 5.82 Å². The lowest BCUT2D eigenvalue weighted by atomic mass is 10.2. The Kier molecular flexibility index (Phi) is 6.02. The fourth-order valence-electron chi connectivity index (χ4n) is 2.36. The van der Waals surface area contributed by atoms with Gasteiger partial charge >= 0.3 is 0 Å². The second-order valence-corrected chi connectivity index (χ2v) is 8.69. The largest absolute Gasteiger partial charge is 0.284 e. The van der Waals surface area contributed by atoms with E-state index in [0.717, 1.165) is 11.8 Å². The van der Waals surface area contributed by atoms with Crippen molar-refractivity contribution < 1.29 is 17.6 Å². The van der Waals surface area contributed by atoms with E-state index >= 15 is 0 Å². The molecule has 0 atom stereocenters. The van der Waals surface area contributed by atoms with Gasteiger partial charge in [0.25, 0.3) is 15.9 Å². The zero-order valence-corrected chi connectivity index (χ0v) is 16.8. The van der Waals surface area contributed by atoms with Crippen LogP contribution in [-0.2, 0) is 14.8 Å². The summed E-state index contributed by atoms with van der Waals surface area (Å²) in [6.07, 6.45) is 2.82. The standard InChI is InChI=1S/C19H14ClFN2O3S2/c1-2-11-23-18(24)17(12-13-5-3-4-6-16(13)21)27-19(23)22-28(25,26)15-9-7-14(20)8-10-15/h2-10,12H,1,11H2/b17-12-,22-19+. The van der Waals surface area contributed by atoms with Crippen LogP contribution in [-0.4, -0.2) is 30.9 Å². The summed E-state index contributed by atoms with van der Waals surface area (Å²) in [4.78, 5) is 14.0. The number of nitrogens with zero attached hydrogens (tertiary/aromatic N) is 2. The van der Waals surface area contributed by atoms with E-state index in [4.69, 9.17) is 11.6 Å². The van der Waals surface area contributed by atoms with Crippen LogP contribution in [0.15, 0.2) is 75.4 Å². The van der Waals surface area contributed by atoms with Crippen LogP contribution >= 0.6 is 23.4 Å². The lowest BCUT2D eigenvalue weighted by molar-refractivity contribution is -0.121. The number of amidine groups is 1. The molecule has 1 heterocycles. The molecule has 0 aromatic heterocycles. The highest BCUT2D eigenvalue weighted by atomic mass is 35.5. The Bertz CT molecular complexity index is 1100. The maximum Gasteiger partial charge on any atom is 0.284 e. The Labute approximate surface area is 171 Å². The monoisotopic (exact) mass is 436 g/mol. The van der Waals surface area contributed by atoms with Crippen molar-refractivity contribution in [1.29, 1.82) is 0 Å². The minimum absolute atomic E-state index is 0.0255. The molecule has 9 heteroatoms. The molecule has 1 fully saturated rings. The molecule has 3 rings (SSSR count). The molecule has 0 radical (unpaired) electrons. The van der Waals surface area contributed by atoms with Crippen molar-refractivity contribution in [1.82, 2.24) is 4.90 Å². The summed E-state index contributed by atoms with van der Waals surface area (Å²) in [5, 5.41) is 0.364. The first-order chi connectivity index (χ1) is 13.3. The third-order valence-electron chi connectivity index (χ3n) is 3.70. The van der Waals surface area contributed by atoms with Gasteiger partial charge in [-0.25, -0.2) is 4.39 Å². The second-order valence-electron chi connectivity index (χ2n) is 5.64. The van der Waals surface area contributed by atoms with Crippen molar-refractivity contribution in [2.45, 2.75) is 4.90 Å². The number of amides is 1. The van der Waals surface area contributed by atoms with Crippen molar-refractivity contribution in [2.24, 2.45) is 4.40 Å². The highest BCUT2D eigenvalue weighted by molar-refractivity contribution is 8.19. The van der Waals surface area contributed by atoms with Gasteiger partial charge in [0.1, 0.15) is 5.82 Å². The van der Waals surface area contributed by atoms with E-state index in [9.17, 15) is 17.6 Å². The first-order valence-corrected chi connectivity index (χ1v) is 10.6. The molecule has 1 aliphatic heterocycles. The summed E-state index contributed by atoms with van der Waals surface area (Å²) >= 11 is 6.65. The molecule has 2 aromatic rings. The van der Waals surface area contributed by atoms with Crippen LogP contribution in [0.25, 0.3) is 6.08 Å². The number of thioether (sulfide) groups is 1. The van der Waals surface area contributed by atoms with E-state index < -0.39 is 21.7 Å². The molecule has 0 bridgehead atoms. The van der Waals surface area contributed by atoms with Gasteiger partial charge in [-0.3, -0.25) is 9.69 Å². The number of carbonyl (C=O) groups excluding carboxylic acids is 1. The fourth-order valence-corrected chi connectivity index (χ4v) is 4.67. The zero-order chi connectivity index (χ0) is 20.3. The van der Waals surface area contributed by atoms with Gasteiger partial charge in [-0.05, 0) is 48.2 Å². The molecule has 28 heavy (non-hydrogen) atoms. The Morgan fingerprint density at radius 1 is 1.18 bits per heavy atom. The third kappa shape index (κ3) is 4.35. The first kappa shape index (κ1) is 20.3. The van der Waals surface area contributed by atoms with Crippen molar-refractivity contribution in [3.05, 3.63) is 82.5 Å². The smallest absolute Gasteiger partial charge is 0.282 e. The van der Waals surface area contributed by atoms with E-state index in [1.54, 1.807) is 6.07 Å². The average molecular weight is 437 g/mol. The van der Waals surface area contributed by atoms with Gasteiger partial charge in [-0.1, -0.05) is 35.9 Å². The van der Waals surface area contributed by atoms with Crippen LogP contribution in [0.1, 0.15) is 5.56 Å². The van der Waals surface area contributed by atoms with Crippen LogP contribution in [0.2, 0.25) is 5.02 Å². The van der Waals surface area contributed by atoms with E-state index in [0.29, 0.717) is 5.02 Å². The number of carbonyl (C=O) groups is 1. The van der Waals surface area contributed by atoms with Gasteiger partial charge in [0.05, 0.1) is 9.80 Å². The molecular weight excluding hydrogens is 423 g/mol. The Balaban J connectivity index is 2.01.